The number of hydrogen-bond acceptors (Lipinski definition) is 2. The normalized spacial score (nSPS) is 16.8. The molecule has 0 saturated heterocycles. The quantitative estimate of drug-likeness (QED) is 0.301. The molecule has 0 heterocycles. The molecule has 1 aromatic rings. The minimum absolute atomic E-state index is 0.0423. The number of hydrogen-bond donors (Lipinski definition) is 1. The molecule has 0 bridgehead atoms. The molecule has 0 aromatic heterocycles. The monoisotopic (exact) mass is 562 g/mol. The van der Waals surface area contributed by atoms with Crippen LogP contribution < -0.4 is 4.74 Å². The summed E-state index contributed by atoms with van der Waals surface area (Å²) >= 11 is 0. The van der Waals surface area contributed by atoms with Gasteiger partial charge in [0, 0.05) is 0 Å². The fourth-order valence-corrected chi connectivity index (χ4v) is 2.81. The Morgan fingerprint density at radius 1 is 0.639 bits per heavy atom. The number of aliphatic hydroxyl groups is 1. The van der Waals surface area contributed by atoms with Crippen LogP contribution in [0.1, 0.15) is 32.8 Å². The van der Waals surface area contributed by atoms with Crippen molar-refractivity contribution in [2.45, 2.75) is 80.6 Å². The van der Waals surface area contributed by atoms with E-state index in [1.165, 1.54) is 0 Å². The number of alkyl halides is 15. The summed E-state index contributed by atoms with van der Waals surface area (Å²) < 4.78 is 205. The number of halogens is 15. The zero-order chi connectivity index (χ0) is 29.0. The van der Waals surface area contributed by atoms with Crippen LogP contribution >= 0.6 is 0 Å². The predicted molar refractivity (Wildman–Crippen MR) is 92.1 cm³/mol. The molecule has 0 fully saturated rings. The number of benzene rings is 1. The van der Waals surface area contributed by atoms with Crippen molar-refractivity contribution in [3.63, 3.8) is 0 Å². The van der Waals surface area contributed by atoms with Gasteiger partial charge >= 0.3 is 41.7 Å². The third-order valence-electron chi connectivity index (χ3n) is 4.81. The van der Waals surface area contributed by atoms with Crippen LogP contribution in [0, 0.1) is 0 Å². The van der Waals surface area contributed by atoms with E-state index in [4.69, 9.17) is 4.74 Å². The molecule has 2 nitrogen and oxygen atoms in total. The van der Waals surface area contributed by atoms with Crippen LogP contribution in [-0.4, -0.2) is 52.9 Å². The summed E-state index contributed by atoms with van der Waals surface area (Å²) in [6.45, 7) is 3.41. The van der Waals surface area contributed by atoms with Crippen molar-refractivity contribution in [3.8, 4) is 5.75 Å². The van der Waals surface area contributed by atoms with Crippen molar-refractivity contribution in [1.82, 2.24) is 0 Å². The minimum atomic E-state index is -8.37. The smallest absolute Gasteiger partial charge is 0.460 e. The maximum Gasteiger partial charge on any atom is 0.460 e. The molecule has 36 heavy (non-hydrogen) atoms. The Morgan fingerprint density at radius 2 is 1.00 bits per heavy atom. The molecule has 17 heteroatoms. The van der Waals surface area contributed by atoms with Crippen molar-refractivity contribution >= 4 is 0 Å². The molecule has 1 rings (SSSR count). The van der Waals surface area contributed by atoms with Crippen molar-refractivity contribution < 1.29 is 75.7 Å². The van der Waals surface area contributed by atoms with E-state index in [2.05, 4.69) is 0 Å². The van der Waals surface area contributed by atoms with E-state index in [9.17, 15) is 71.0 Å². The summed E-state index contributed by atoms with van der Waals surface area (Å²) in [4.78, 5) is 0. The van der Waals surface area contributed by atoms with Gasteiger partial charge in [-0.15, -0.1) is 0 Å². The zero-order valence-electron chi connectivity index (χ0n) is 18.1. The SMILES string of the molecule is CC(C)Oc1ccc(C(C)(O)CC(F)(F)C(F)(F)C(F)(F)C(F)(F)C(F)(F)C(F)(F)C(F)(F)F)cc1. The van der Waals surface area contributed by atoms with E-state index in [1.54, 1.807) is 13.8 Å². The van der Waals surface area contributed by atoms with Gasteiger partial charge in [-0.1, -0.05) is 12.1 Å². The van der Waals surface area contributed by atoms with E-state index in [-0.39, 0.29) is 5.75 Å². The minimum Gasteiger partial charge on any atom is -0.491 e. The van der Waals surface area contributed by atoms with E-state index >= 15 is 0 Å². The zero-order valence-corrected chi connectivity index (χ0v) is 18.1. The molecule has 0 aliphatic carbocycles. The van der Waals surface area contributed by atoms with Crippen LogP contribution in [0.3, 0.4) is 0 Å². The van der Waals surface area contributed by atoms with Crippen molar-refractivity contribution in [3.05, 3.63) is 29.8 Å². The molecule has 210 valence electrons. The van der Waals surface area contributed by atoms with Gasteiger partial charge in [0.25, 0.3) is 0 Å². The first kappa shape index (κ1) is 32.0. The summed E-state index contributed by atoms with van der Waals surface area (Å²) in [5.74, 6) is -47.1. The first-order valence-corrected chi connectivity index (χ1v) is 9.43. The van der Waals surface area contributed by atoms with Gasteiger partial charge in [0.2, 0.25) is 0 Å². The first-order chi connectivity index (χ1) is 15.6. The topological polar surface area (TPSA) is 29.5 Å². The van der Waals surface area contributed by atoms with Gasteiger partial charge in [0.05, 0.1) is 18.1 Å². The predicted octanol–water partition coefficient (Wildman–Crippen LogP) is 7.45. The molecule has 0 aliphatic heterocycles. The standard InChI is InChI=1S/C19H17F15O2/c1-9(2)36-11-6-4-10(5-7-11)12(3,35)8-13(20,21)14(22,23)15(24,25)16(26,27)17(28,29)18(30,31)19(32,33)34/h4-7,9,35H,8H2,1-3H3. The molecular formula is C19H17F15O2. The Kier molecular flexibility index (Phi) is 8.03. The van der Waals surface area contributed by atoms with E-state index in [0.717, 1.165) is 24.3 Å². The third-order valence-corrected chi connectivity index (χ3v) is 4.81. The maximum absolute atomic E-state index is 14.2. The lowest BCUT2D eigenvalue weighted by molar-refractivity contribution is -0.453. The van der Waals surface area contributed by atoms with Crippen LogP contribution in [0.5, 0.6) is 5.75 Å². The van der Waals surface area contributed by atoms with E-state index in [1.807, 2.05) is 0 Å². The van der Waals surface area contributed by atoms with Gasteiger partial charge in [-0.05, 0) is 38.5 Å². The van der Waals surface area contributed by atoms with Gasteiger partial charge in [0.15, 0.2) is 0 Å². The number of rotatable bonds is 10. The van der Waals surface area contributed by atoms with Crippen LogP contribution in [0.15, 0.2) is 24.3 Å². The van der Waals surface area contributed by atoms with Crippen molar-refractivity contribution in [1.29, 1.82) is 0 Å². The highest BCUT2D eigenvalue weighted by atomic mass is 19.4. The van der Waals surface area contributed by atoms with Gasteiger partial charge in [0.1, 0.15) is 5.75 Å². The highest BCUT2D eigenvalue weighted by molar-refractivity contribution is 5.31. The highest BCUT2D eigenvalue weighted by Gasteiger charge is 2.93. The lowest BCUT2D eigenvalue weighted by atomic mass is 9.84. The summed E-state index contributed by atoms with van der Waals surface area (Å²) in [6, 6.07) is 3.50. The van der Waals surface area contributed by atoms with Crippen LogP contribution in [0.4, 0.5) is 65.9 Å². The molecule has 0 saturated carbocycles. The molecular weight excluding hydrogens is 545 g/mol. The average molecular weight is 562 g/mol. The Bertz CT molecular complexity index is 902. The lowest BCUT2D eigenvalue weighted by Gasteiger charge is -2.42. The fraction of sp³-hybridized carbons (Fsp3) is 0.684. The average Bonchev–Trinajstić information content (AvgIpc) is 2.65. The summed E-state index contributed by atoms with van der Waals surface area (Å²) in [7, 11) is 0. The largest absolute Gasteiger partial charge is 0.491 e. The van der Waals surface area contributed by atoms with Crippen molar-refractivity contribution in [2.24, 2.45) is 0 Å². The van der Waals surface area contributed by atoms with Gasteiger partial charge < -0.3 is 9.84 Å². The Morgan fingerprint density at radius 3 is 1.36 bits per heavy atom. The number of ether oxygens (including phenoxy) is 1. The van der Waals surface area contributed by atoms with Crippen LogP contribution in [0.2, 0.25) is 0 Å². The second-order valence-corrected chi connectivity index (χ2v) is 8.22. The molecule has 1 unspecified atom stereocenters. The Hall–Kier alpha value is -2.07. The lowest BCUT2D eigenvalue weighted by Crippen LogP contribution is -2.72. The maximum atomic E-state index is 14.2. The second-order valence-electron chi connectivity index (χ2n) is 8.22. The molecule has 1 N–H and O–H groups in total. The third kappa shape index (κ3) is 5.03. The van der Waals surface area contributed by atoms with E-state index in [0.29, 0.717) is 6.92 Å². The van der Waals surface area contributed by atoms with Gasteiger partial charge in [-0.2, -0.15) is 65.9 Å². The van der Waals surface area contributed by atoms with Gasteiger partial charge in [-0.25, -0.2) is 0 Å². The molecule has 0 amide bonds. The summed E-state index contributed by atoms with van der Waals surface area (Å²) in [5, 5.41) is 10.1. The summed E-state index contributed by atoms with van der Waals surface area (Å²) in [5.41, 5.74) is -3.99. The Labute approximate surface area is 193 Å². The van der Waals surface area contributed by atoms with E-state index < -0.39 is 65.4 Å². The summed E-state index contributed by atoms with van der Waals surface area (Å²) in [6.07, 6.45) is -11.0. The van der Waals surface area contributed by atoms with Crippen molar-refractivity contribution in [2.75, 3.05) is 0 Å². The Balaban J connectivity index is 3.45. The second kappa shape index (κ2) is 9.04. The van der Waals surface area contributed by atoms with Gasteiger partial charge in [-0.3, -0.25) is 0 Å². The molecule has 0 radical (unpaired) electrons. The fourth-order valence-electron chi connectivity index (χ4n) is 2.81. The molecule has 1 atom stereocenters. The highest BCUT2D eigenvalue weighted by Crippen LogP contribution is 2.63. The first-order valence-electron chi connectivity index (χ1n) is 9.43. The molecule has 0 spiro atoms. The van der Waals surface area contributed by atoms with Crippen LogP contribution in [0.25, 0.3) is 0 Å². The molecule has 1 aromatic carbocycles. The van der Waals surface area contributed by atoms with Crippen LogP contribution in [-0.2, 0) is 5.60 Å². The molecule has 0 aliphatic rings.